The summed E-state index contributed by atoms with van der Waals surface area (Å²) in [5.41, 5.74) is 0.543. The summed E-state index contributed by atoms with van der Waals surface area (Å²) in [7, 11) is -3.78. The van der Waals surface area contributed by atoms with Gasteiger partial charge in [0.15, 0.2) is 0 Å². The van der Waals surface area contributed by atoms with Gasteiger partial charge in [0.1, 0.15) is 0 Å². The number of carbonyl (C=O) groups is 1. The van der Waals surface area contributed by atoms with Gasteiger partial charge in [0.05, 0.1) is 4.90 Å². The van der Waals surface area contributed by atoms with Gasteiger partial charge in [-0.25, -0.2) is 8.42 Å². The number of carbonyl (C=O) groups excluding carboxylic acids is 1. The van der Waals surface area contributed by atoms with Crippen LogP contribution in [0.5, 0.6) is 0 Å². The highest BCUT2D eigenvalue weighted by molar-refractivity contribution is 7.94. The molecule has 1 aromatic carbocycles. The first-order valence-corrected chi connectivity index (χ1v) is 8.49. The number of benzene rings is 1. The molecule has 112 valence electrons. The van der Waals surface area contributed by atoms with Crippen LogP contribution in [0.3, 0.4) is 0 Å². The van der Waals surface area contributed by atoms with Gasteiger partial charge in [0.2, 0.25) is 15.9 Å². The van der Waals surface area contributed by atoms with Crippen LogP contribution in [-0.2, 0) is 14.8 Å². The Bertz CT molecular complexity index is 708. The molecule has 0 fully saturated rings. The summed E-state index contributed by atoms with van der Waals surface area (Å²) in [4.78, 5) is 15.4. The molecular formula is C13H14N3O3S2-. The van der Waals surface area contributed by atoms with Crippen molar-refractivity contribution in [1.82, 2.24) is 4.98 Å². The number of amides is 1. The van der Waals surface area contributed by atoms with Crippen molar-refractivity contribution in [2.24, 2.45) is 5.92 Å². The fourth-order valence-corrected chi connectivity index (χ4v) is 3.08. The van der Waals surface area contributed by atoms with Crippen LogP contribution in [0.4, 0.5) is 10.8 Å². The molecule has 0 atom stereocenters. The van der Waals surface area contributed by atoms with E-state index in [0.717, 1.165) is 11.3 Å². The lowest BCUT2D eigenvalue weighted by Gasteiger charge is -2.12. The van der Waals surface area contributed by atoms with Gasteiger partial charge in [0.25, 0.3) is 0 Å². The lowest BCUT2D eigenvalue weighted by atomic mass is 10.2. The molecule has 6 nitrogen and oxygen atoms in total. The van der Waals surface area contributed by atoms with Crippen LogP contribution in [0.25, 0.3) is 4.72 Å². The molecule has 0 saturated carbocycles. The van der Waals surface area contributed by atoms with Crippen molar-refractivity contribution < 1.29 is 13.2 Å². The smallest absolute Gasteiger partial charge is 0.226 e. The molecule has 2 rings (SSSR count). The maximum Gasteiger partial charge on any atom is 0.226 e. The summed E-state index contributed by atoms with van der Waals surface area (Å²) in [5, 5.41) is 4.53. The SMILES string of the molecule is CC(C)C(=O)Nc1ccc(S(=O)(=O)[N-]c2nccs2)cc1. The summed E-state index contributed by atoms with van der Waals surface area (Å²) in [6.45, 7) is 3.56. The number of hydrogen-bond acceptors (Lipinski definition) is 5. The quantitative estimate of drug-likeness (QED) is 0.915. The van der Waals surface area contributed by atoms with Crippen molar-refractivity contribution in [1.29, 1.82) is 0 Å². The Labute approximate surface area is 127 Å². The molecule has 0 saturated heterocycles. The fourth-order valence-electron chi connectivity index (χ4n) is 1.41. The third kappa shape index (κ3) is 4.02. The van der Waals surface area contributed by atoms with Gasteiger partial charge in [-0.2, -0.15) is 11.3 Å². The van der Waals surface area contributed by atoms with Crippen molar-refractivity contribution in [3.63, 3.8) is 0 Å². The van der Waals surface area contributed by atoms with Crippen LogP contribution in [0.1, 0.15) is 13.8 Å². The van der Waals surface area contributed by atoms with E-state index in [-0.39, 0.29) is 21.9 Å². The third-order valence-electron chi connectivity index (χ3n) is 2.56. The van der Waals surface area contributed by atoms with Crippen molar-refractivity contribution in [3.8, 4) is 0 Å². The molecule has 0 aliphatic rings. The van der Waals surface area contributed by atoms with Gasteiger partial charge < -0.3 is 15.0 Å². The second-order valence-electron chi connectivity index (χ2n) is 4.55. The lowest BCUT2D eigenvalue weighted by molar-refractivity contribution is -0.118. The van der Waals surface area contributed by atoms with E-state index in [1.54, 1.807) is 19.2 Å². The molecular weight excluding hydrogens is 310 g/mol. The van der Waals surface area contributed by atoms with E-state index in [1.807, 2.05) is 0 Å². The number of hydrogen-bond donors (Lipinski definition) is 1. The third-order valence-corrected chi connectivity index (χ3v) is 4.62. The normalized spacial score (nSPS) is 11.4. The molecule has 1 N–H and O–H groups in total. The highest BCUT2D eigenvalue weighted by Gasteiger charge is 2.11. The monoisotopic (exact) mass is 324 g/mol. The zero-order valence-corrected chi connectivity index (χ0v) is 13.1. The fraction of sp³-hybridized carbons (Fsp3) is 0.231. The Morgan fingerprint density at radius 2 is 1.95 bits per heavy atom. The number of rotatable bonds is 5. The standard InChI is InChI=1S/C13H15N3O3S2/c1-9(2)12(17)15-10-3-5-11(6-4-10)21(18,19)16-13-14-7-8-20-13/h3-9H,1-2H3,(H2,14,15,16,17)/p-1. The highest BCUT2D eigenvalue weighted by Crippen LogP contribution is 2.29. The van der Waals surface area contributed by atoms with Gasteiger partial charge in [-0.05, 0) is 29.6 Å². The van der Waals surface area contributed by atoms with E-state index in [0.29, 0.717) is 5.69 Å². The Kier molecular flexibility index (Phi) is 4.59. The van der Waals surface area contributed by atoms with Gasteiger partial charge in [-0.15, -0.1) is 0 Å². The second-order valence-corrected chi connectivity index (χ2v) is 7.03. The van der Waals surface area contributed by atoms with Crippen molar-refractivity contribution in [2.45, 2.75) is 18.7 Å². The highest BCUT2D eigenvalue weighted by atomic mass is 32.2. The second kappa shape index (κ2) is 6.23. The summed E-state index contributed by atoms with van der Waals surface area (Å²) < 4.78 is 27.7. The van der Waals surface area contributed by atoms with Crippen LogP contribution < -0.4 is 5.32 Å². The minimum Gasteiger partial charge on any atom is -0.433 e. The maximum absolute atomic E-state index is 12.1. The molecule has 2 aromatic rings. The molecule has 0 spiro atoms. The predicted molar refractivity (Wildman–Crippen MR) is 82.2 cm³/mol. The minimum atomic E-state index is -3.78. The van der Waals surface area contributed by atoms with E-state index in [9.17, 15) is 13.2 Å². The number of aromatic nitrogens is 1. The number of thiazole rings is 1. The first kappa shape index (κ1) is 15.5. The van der Waals surface area contributed by atoms with Crippen LogP contribution in [0.15, 0.2) is 40.7 Å². The molecule has 1 amide bonds. The molecule has 0 bridgehead atoms. The summed E-state index contributed by atoms with van der Waals surface area (Å²) in [6.07, 6.45) is 1.49. The Hall–Kier alpha value is -1.93. The first-order valence-electron chi connectivity index (χ1n) is 6.17. The van der Waals surface area contributed by atoms with E-state index in [4.69, 9.17) is 0 Å². The van der Waals surface area contributed by atoms with Gasteiger partial charge >= 0.3 is 0 Å². The summed E-state index contributed by atoms with van der Waals surface area (Å²) in [5.74, 6) is -0.272. The maximum atomic E-state index is 12.1. The lowest BCUT2D eigenvalue weighted by Crippen LogP contribution is -2.17. The summed E-state index contributed by atoms with van der Waals surface area (Å²) in [6, 6.07) is 5.87. The molecule has 0 aliphatic carbocycles. The number of nitrogens with one attached hydrogen (secondary N) is 1. The van der Waals surface area contributed by atoms with Crippen LogP contribution in [-0.4, -0.2) is 19.3 Å². The molecule has 8 heteroatoms. The van der Waals surface area contributed by atoms with E-state index in [1.165, 1.54) is 30.5 Å². The Morgan fingerprint density at radius 1 is 1.29 bits per heavy atom. The average Bonchev–Trinajstić information content (AvgIpc) is 2.91. The average molecular weight is 324 g/mol. The first-order chi connectivity index (χ1) is 9.88. The van der Waals surface area contributed by atoms with E-state index >= 15 is 0 Å². The summed E-state index contributed by atoms with van der Waals surface area (Å²) >= 11 is 1.15. The van der Waals surface area contributed by atoms with Gasteiger partial charge in [-0.1, -0.05) is 20.0 Å². The topological polar surface area (TPSA) is 90.2 Å². The van der Waals surface area contributed by atoms with Crippen LogP contribution in [0.2, 0.25) is 0 Å². The van der Waals surface area contributed by atoms with Crippen LogP contribution in [0, 0.1) is 5.92 Å². The van der Waals surface area contributed by atoms with Crippen molar-refractivity contribution >= 4 is 38.1 Å². The van der Waals surface area contributed by atoms with E-state index < -0.39 is 10.0 Å². The van der Waals surface area contributed by atoms with Crippen LogP contribution >= 0.6 is 11.3 Å². The number of nitrogens with zero attached hydrogens (tertiary/aromatic N) is 2. The number of sulfonamides is 1. The molecule has 0 unspecified atom stereocenters. The van der Waals surface area contributed by atoms with Gasteiger partial charge in [0, 0.05) is 16.7 Å². The minimum absolute atomic E-state index is 0.0558. The molecule has 1 aromatic heterocycles. The molecule has 1 heterocycles. The van der Waals surface area contributed by atoms with Gasteiger partial charge in [-0.3, -0.25) is 4.79 Å². The number of anilines is 1. The molecule has 0 aliphatic heterocycles. The van der Waals surface area contributed by atoms with Crippen molar-refractivity contribution in [3.05, 3.63) is 40.6 Å². The predicted octanol–water partition coefficient (Wildman–Crippen LogP) is 3.13. The largest absolute Gasteiger partial charge is 0.433 e. The molecule has 0 radical (unpaired) electrons. The zero-order chi connectivity index (χ0) is 15.5. The molecule has 21 heavy (non-hydrogen) atoms. The zero-order valence-electron chi connectivity index (χ0n) is 11.5. The Balaban J connectivity index is 2.13. The Morgan fingerprint density at radius 3 is 2.48 bits per heavy atom. The van der Waals surface area contributed by atoms with Crippen molar-refractivity contribution in [2.75, 3.05) is 5.32 Å². The van der Waals surface area contributed by atoms with E-state index in [2.05, 4.69) is 15.0 Å².